The minimum absolute atomic E-state index is 0.355. The van der Waals surface area contributed by atoms with E-state index in [0.717, 1.165) is 0 Å². The summed E-state index contributed by atoms with van der Waals surface area (Å²) in [6, 6.07) is 0. The summed E-state index contributed by atoms with van der Waals surface area (Å²) in [4.78, 5) is 41.5. The standard InChI is InChI=1S/C8H10O8/c9-5(10)3-15-7(13)1-2-8(14)16-4-6(11)12/h1-4H2,(H,9,10)(H,11,12). The van der Waals surface area contributed by atoms with E-state index < -0.39 is 37.1 Å². The van der Waals surface area contributed by atoms with Crippen molar-refractivity contribution in [1.29, 1.82) is 0 Å². The quantitative estimate of drug-likeness (QED) is 0.538. The highest BCUT2D eigenvalue weighted by molar-refractivity contribution is 5.80. The topological polar surface area (TPSA) is 127 Å². The molecule has 90 valence electrons. The van der Waals surface area contributed by atoms with Crippen LogP contribution in [-0.4, -0.2) is 47.3 Å². The normalized spacial score (nSPS) is 9.25. The Morgan fingerprint density at radius 3 is 1.31 bits per heavy atom. The van der Waals surface area contributed by atoms with Gasteiger partial charge in [0, 0.05) is 0 Å². The number of esters is 2. The molecule has 0 spiro atoms. The monoisotopic (exact) mass is 234 g/mol. The van der Waals surface area contributed by atoms with Crippen LogP contribution in [0.15, 0.2) is 0 Å². The molecule has 0 saturated carbocycles. The van der Waals surface area contributed by atoms with E-state index >= 15 is 0 Å². The second-order valence-electron chi connectivity index (χ2n) is 2.61. The molecule has 0 unspecified atom stereocenters. The smallest absolute Gasteiger partial charge is 0.341 e. The summed E-state index contributed by atoms with van der Waals surface area (Å²) >= 11 is 0. The van der Waals surface area contributed by atoms with Gasteiger partial charge in [0.05, 0.1) is 12.8 Å². The molecule has 0 rings (SSSR count). The maximum Gasteiger partial charge on any atom is 0.341 e. The van der Waals surface area contributed by atoms with Gasteiger partial charge in [0.1, 0.15) is 0 Å². The van der Waals surface area contributed by atoms with E-state index in [4.69, 9.17) is 10.2 Å². The van der Waals surface area contributed by atoms with Crippen LogP contribution in [0.2, 0.25) is 0 Å². The maximum atomic E-state index is 10.8. The summed E-state index contributed by atoms with van der Waals surface area (Å²) in [5.41, 5.74) is 0. The third kappa shape index (κ3) is 8.48. The zero-order valence-electron chi connectivity index (χ0n) is 8.17. The zero-order chi connectivity index (χ0) is 12.6. The van der Waals surface area contributed by atoms with Gasteiger partial charge in [-0.25, -0.2) is 9.59 Å². The molecular formula is C8H10O8. The van der Waals surface area contributed by atoms with E-state index in [1.54, 1.807) is 0 Å². The molecule has 8 heteroatoms. The van der Waals surface area contributed by atoms with Crippen LogP contribution in [-0.2, 0) is 28.7 Å². The van der Waals surface area contributed by atoms with E-state index in [0.29, 0.717) is 0 Å². The lowest BCUT2D eigenvalue weighted by Crippen LogP contribution is -2.16. The van der Waals surface area contributed by atoms with Crippen molar-refractivity contribution in [3.05, 3.63) is 0 Å². The predicted molar refractivity (Wildman–Crippen MR) is 46.4 cm³/mol. The summed E-state index contributed by atoms with van der Waals surface area (Å²) < 4.78 is 8.43. The Balaban J connectivity index is 3.63. The van der Waals surface area contributed by atoms with E-state index in [1.807, 2.05) is 0 Å². The molecule has 0 aliphatic heterocycles. The van der Waals surface area contributed by atoms with Crippen LogP contribution in [0.1, 0.15) is 12.8 Å². The fourth-order valence-electron chi connectivity index (χ4n) is 0.633. The van der Waals surface area contributed by atoms with Crippen molar-refractivity contribution in [1.82, 2.24) is 0 Å². The van der Waals surface area contributed by atoms with Gasteiger partial charge in [-0.2, -0.15) is 0 Å². The minimum Gasteiger partial charge on any atom is -0.479 e. The zero-order valence-corrected chi connectivity index (χ0v) is 8.17. The van der Waals surface area contributed by atoms with Crippen LogP contribution in [0.5, 0.6) is 0 Å². The Kier molecular flexibility index (Phi) is 6.25. The first-order chi connectivity index (χ1) is 7.41. The van der Waals surface area contributed by atoms with E-state index in [2.05, 4.69) is 9.47 Å². The average molecular weight is 234 g/mol. The van der Waals surface area contributed by atoms with E-state index in [9.17, 15) is 19.2 Å². The Labute approximate surface area is 89.8 Å². The van der Waals surface area contributed by atoms with Gasteiger partial charge in [0.25, 0.3) is 0 Å². The summed E-state index contributed by atoms with van der Waals surface area (Å²) in [6.07, 6.45) is -0.711. The maximum absolute atomic E-state index is 10.8. The van der Waals surface area contributed by atoms with Crippen molar-refractivity contribution in [3.8, 4) is 0 Å². The molecule has 0 heterocycles. The number of carboxylic acid groups (broad SMARTS) is 2. The molecule has 0 aromatic rings. The fraction of sp³-hybridized carbons (Fsp3) is 0.500. The average Bonchev–Trinajstić information content (AvgIpc) is 2.20. The molecule has 0 radical (unpaired) electrons. The Bertz CT molecular complexity index is 264. The van der Waals surface area contributed by atoms with Crippen LogP contribution in [0, 0.1) is 0 Å². The van der Waals surface area contributed by atoms with E-state index in [-0.39, 0.29) is 12.8 Å². The summed E-state index contributed by atoms with van der Waals surface area (Å²) in [5, 5.41) is 16.3. The first-order valence-electron chi connectivity index (χ1n) is 4.16. The SMILES string of the molecule is O=C(O)COC(=O)CCC(=O)OCC(=O)O. The van der Waals surface area contributed by atoms with Crippen LogP contribution in [0.4, 0.5) is 0 Å². The Morgan fingerprint density at radius 1 is 0.750 bits per heavy atom. The molecular weight excluding hydrogens is 224 g/mol. The van der Waals surface area contributed by atoms with Gasteiger partial charge in [-0.3, -0.25) is 9.59 Å². The second kappa shape index (κ2) is 7.21. The van der Waals surface area contributed by atoms with Crippen LogP contribution < -0.4 is 0 Å². The molecule has 0 aliphatic rings. The number of hydrogen-bond acceptors (Lipinski definition) is 6. The van der Waals surface area contributed by atoms with E-state index in [1.165, 1.54) is 0 Å². The molecule has 0 aromatic carbocycles. The molecule has 0 saturated heterocycles. The van der Waals surface area contributed by atoms with Crippen molar-refractivity contribution < 1.29 is 38.9 Å². The first kappa shape index (κ1) is 13.9. The van der Waals surface area contributed by atoms with Crippen molar-refractivity contribution in [2.75, 3.05) is 13.2 Å². The van der Waals surface area contributed by atoms with Gasteiger partial charge in [-0.05, 0) is 0 Å². The predicted octanol–water partition coefficient (Wildman–Crippen LogP) is -0.978. The number of ether oxygens (including phenoxy) is 2. The van der Waals surface area contributed by atoms with Crippen LogP contribution in [0.25, 0.3) is 0 Å². The van der Waals surface area contributed by atoms with Gasteiger partial charge in [-0.15, -0.1) is 0 Å². The van der Waals surface area contributed by atoms with Crippen LogP contribution >= 0.6 is 0 Å². The number of carboxylic acids is 2. The fourth-order valence-corrected chi connectivity index (χ4v) is 0.633. The van der Waals surface area contributed by atoms with Gasteiger partial charge in [0.15, 0.2) is 13.2 Å². The third-order valence-electron chi connectivity index (χ3n) is 1.25. The molecule has 0 atom stereocenters. The lowest BCUT2D eigenvalue weighted by atomic mass is 10.3. The summed E-state index contributed by atoms with van der Waals surface area (Å²) in [6.45, 7) is -1.55. The third-order valence-corrected chi connectivity index (χ3v) is 1.25. The highest BCUT2D eigenvalue weighted by atomic mass is 16.6. The number of rotatable bonds is 7. The van der Waals surface area contributed by atoms with Gasteiger partial charge < -0.3 is 19.7 Å². The molecule has 0 aliphatic carbocycles. The van der Waals surface area contributed by atoms with Crippen molar-refractivity contribution >= 4 is 23.9 Å². The van der Waals surface area contributed by atoms with Gasteiger partial charge in [-0.1, -0.05) is 0 Å². The summed E-state index contributed by atoms with van der Waals surface area (Å²) in [7, 11) is 0. The lowest BCUT2D eigenvalue weighted by molar-refractivity contribution is -0.158. The Morgan fingerprint density at radius 2 is 1.06 bits per heavy atom. The molecule has 16 heavy (non-hydrogen) atoms. The molecule has 0 bridgehead atoms. The molecule has 0 aromatic heterocycles. The van der Waals surface area contributed by atoms with Crippen molar-refractivity contribution in [3.63, 3.8) is 0 Å². The number of hydrogen-bond donors (Lipinski definition) is 2. The first-order valence-corrected chi connectivity index (χ1v) is 4.16. The molecule has 2 N–H and O–H groups in total. The van der Waals surface area contributed by atoms with Gasteiger partial charge >= 0.3 is 23.9 Å². The lowest BCUT2D eigenvalue weighted by Gasteiger charge is -2.02. The largest absolute Gasteiger partial charge is 0.479 e. The van der Waals surface area contributed by atoms with Crippen LogP contribution in [0.3, 0.4) is 0 Å². The molecule has 0 fully saturated rings. The summed E-state index contributed by atoms with van der Waals surface area (Å²) in [5.74, 6) is -4.34. The van der Waals surface area contributed by atoms with Crippen molar-refractivity contribution in [2.24, 2.45) is 0 Å². The highest BCUT2D eigenvalue weighted by Crippen LogP contribution is 1.95. The van der Waals surface area contributed by atoms with Gasteiger partial charge in [0.2, 0.25) is 0 Å². The minimum atomic E-state index is -1.30. The molecule has 0 amide bonds. The molecule has 8 nitrogen and oxygen atoms in total. The second-order valence-corrected chi connectivity index (χ2v) is 2.61. The number of carbonyl (C=O) groups excluding carboxylic acids is 2. The van der Waals surface area contributed by atoms with Crippen molar-refractivity contribution in [2.45, 2.75) is 12.8 Å². The number of carbonyl (C=O) groups is 4. The Hall–Kier alpha value is -2.12. The number of aliphatic carboxylic acids is 2. The highest BCUT2D eigenvalue weighted by Gasteiger charge is 2.11.